The summed E-state index contributed by atoms with van der Waals surface area (Å²) in [5.41, 5.74) is 2.23. The van der Waals surface area contributed by atoms with Crippen molar-refractivity contribution < 1.29 is 0 Å². The van der Waals surface area contributed by atoms with Crippen molar-refractivity contribution in [2.45, 2.75) is 44.9 Å². The lowest BCUT2D eigenvalue weighted by molar-refractivity contribution is 0.450. The van der Waals surface area contributed by atoms with Gasteiger partial charge < -0.3 is 4.98 Å². The van der Waals surface area contributed by atoms with E-state index in [2.05, 4.69) is 39.1 Å². The Bertz CT molecular complexity index is 524. The van der Waals surface area contributed by atoms with Gasteiger partial charge in [0, 0.05) is 10.9 Å². The van der Waals surface area contributed by atoms with Crippen LogP contribution in [0.15, 0.2) is 22.7 Å². The Morgan fingerprint density at radius 1 is 1.17 bits per heavy atom. The summed E-state index contributed by atoms with van der Waals surface area (Å²) in [5, 5.41) is 0. The van der Waals surface area contributed by atoms with E-state index in [4.69, 9.17) is 4.98 Å². The molecule has 0 radical (unpaired) electrons. The van der Waals surface area contributed by atoms with Crippen molar-refractivity contribution in [1.29, 1.82) is 0 Å². The van der Waals surface area contributed by atoms with E-state index in [1.165, 1.54) is 38.5 Å². The number of hydrogen-bond acceptors (Lipinski definition) is 1. The lowest BCUT2D eigenvalue weighted by Crippen LogP contribution is -2.04. The first kappa shape index (κ1) is 12.2. The maximum Gasteiger partial charge on any atom is 0.107 e. The third-order valence-corrected chi connectivity index (χ3v) is 4.44. The molecule has 3 rings (SSSR count). The second kappa shape index (κ2) is 5.43. The normalized spacial score (nSPS) is 18.1. The van der Waals surface area contributed by atoms with Gasteiger partial charge in [0.15, 0.2) is 0 Å². The smallest absolute Gasteiger partial charge is 0.107 e. The van der Waals surface area contributed by atoms with Crippen LogP contribution in [0.4, 0.5) is 0 Å². The zero-order valence-corrected chi connectivity index (χ0v) is 12.2. The van der Waals surface area contributed by atoms with Gasteiger partial charge in [-0.2, -0.15) is 0 Å². The summed E-state index contributed by atoms with van der Waals surface area (Å²) in [6, 6.07) is 6.24. The molecule has 3 heteroatoms. The van der Waals surface area contributed by atoms with Crippen LogP contribution in [-0.2, 0) is 6.42 Å². The van der Waals surface area contributed by atoms with Crippen LogP contribution in [0.25, 0.3) is 11.0 Å². The Hall–Kier alpha value is -0.830. The van der Waals surface area contributed by atoms with Crippen LogP contribution in [0.1, 0.15) is 44.3 Å². The molecule has 1 aromatic heterocycles. The van der Waals surface area contributed by atoms with Gasteiger partial charge in [-0.25, -0.2) is 4.98 Å². The third kappa shape index (κ3) is 2.77. The minimum absolute atomic E-state index is 0.830. The first-order chi connectivity index (χ1) is 8.81. The summed E-state index contributed by atoms with van der Waals surface area (Å²) in [7, 11) is 0. The van der Waals surface area contributed by atoms with Crippen molar-refractivity contribution in [2.75, 3.05) is 0 Å². The fraction of sp³-hybridized carbons (Fsp3) is 0.533. The molecule has 96 valence electrons. The monoisotopic (exact) mass is 306 g/mol. The summed E-state index contributed by atoms with van der Waals surface area (Å²) in [4.78, 5) is 8.17. The van der Waals surface area contributed by atoms with E-state index in [0.29, 0.717) is 0 Å². The lowest BCUT2D eigenvalue weighted by Gasteiger charge is -2.11. The predicted molar refractivity (Wildman–Crippen MR) is 78.7 cm³/mol. The number of fused-ring (bicyclic) bond motifs is 1. The van der Waals surface area contributed by atoms with E-state index in [1.807, 2.05) is 0 Å². The largest absolute Gasteiger partial charge is 0.342 e. The van der Waals surface area contributed by atoms with Crippen molar-refractivity contribution >= 4 is 27.0 Å². The molecule has 0 spiro atoms. The molecular weight excluding hydrogens is 288 g/mol. The van der Waals surface area contributed by atoms with E-state index >= 15 is 0 Å². The molecule has 18 heavy (non-hydrogen) atoms. The minimum atomic E-state index is 0.830. The van der Waals surface area contributed by atoms with Crippen LogP contribution in [0.3, 0.4) is 0 Å². The highest BCUT2D eigenvalue weighted by Gasteiger charge is 2.14. The SMILES string of the molecule is Brc1ccc2nc(CC3CCCCCC3)[nH]c2c1. The van der Waals surface area contributed by atoms with Crippen LogP contribution in [0.5, 0.6) is 0 Å². The lowest BCUT2D eigenvalue weighted by atomic mass is 9.96. The Morgan fingerprint density at radius 2 is 1.94 bits per heavy atom. The molecule has 2 aromatic rings. The number of imidazole rings is 1. The Balaban J connectivity index is 1.77. The summed E-state index contributed by atoms with van der Waals surface area (Å²) in [5.74, 6) is 1.99. The quantitative estimate of drug-likeness (QED) is 0.790. The first-order valence-electron chi connectivity index (χ1n) is 6.95. The van der Waals surface area contributed by atoms with Gasteiger partial charge >= 0.3 is 0 Å². The molecule has 0 unspecified atom stereocenters. The zero-order chi connectivity index (χ0) is 12.4. The molecule has 1 saturated carbocycles. The summed E-state index contributed by atoms with van der Waals surface area (Å²) in [6.45, 7) is 0. The number of aromatic amines is 1. The van der Waals surface area contributed by atoms with Gasteiger partial charge in [0.2, 0.25) is 0 Å². The number of H-pyrrole nitrogens is 1. The third-order valence-electron chi connectivity index (χ3n) is 3.95. The van der Waals surface area contributed by atoms with Crippen molar-refractivity contribution in [2.24, 2.45) is 5.92 Å². The number of nitrogens with one attached hydrogen (secondary N) is 1. The van der Waals surface area contributed by atoms with Gasteiger partial charge in [-0.1, -0.05) is 54.5 Å². The van der Waals surface area contributed by atoms with Gasteiger partial charge in [-0.15, -0.1) is 0 Å². The maximum absolute atomic E-state index is 4.70. The topological polar surface area (TPSA) is 28.7 Å². The average Bonchev–Trinajstić information content (AvgIpc) is 2.57. The summed E-state index contributed by atoms with van der Waals surface area (Å²) >= 11 is 3.50. The minimum Gasteiger partial charge on any atom is -0.342 e. The van der Waals surface area contributed by atoms with Crippen molar-refractivity contribution in [3.8, 4) is 0 Å². The number of hydrogen-bond donors (Lipinski definition) is 1. The van der Waals surface area contributed by atoms with Crippen molar-refractivity contribution in [3.05, 3.63) is 28.5 Å². The fourth-order valence-electron chi connectivity index (χ4n) is 2.97. The molecule has 1 aliphatic rings. The number of rotatable bonds is 2. The molecule has 0 bridgehead atoms. The number of nitrogens with zero attached hydrogens (tertiary/aromatic N) is 1. The van der Waals surface area contributed by atoms with Crippen LogP contribution in [-0.4, -0.2) is 9.97 Å². The van der Waals surface area contributed by atoms with E-state index in [9.17, 15) is 0 Å². The molecule has 1 aromatic carbocycles. The summed E-state index contributed by atoms with van der Waals surface area (Å²) in [6.07, 6.45) is 9.51. The molecule has 1 heterocycles. The Morgan fingerprint density at radius 3 is 2.72 bits per heavy atom. The summed E-state index contributed by atoms with van der Waals surface area (Å²) < 4.78 is 1.11. The van der Waals surface area contributed by atoms with E-state index in [1.54, 1.807) is 0 Å². The molecule has 2 nitrogen and oxygen atoms in total. The number of aromatic nitrogens is 2. The molecule has 0 atom stereocenters. The standard InChI is InChI=1S/C15H19BrN2/c16-12-7-8-13-14(10-12)18-15(17-13)9-11-5-3-1-2-4-6-11/h7-8,10-11H,1-6,9H2,(H,17,18). The molecule has 0 aliphatic heterocycles. The van der Waals surface area contributed by atoms with Gasteiger partial charge in [0.1, 0.15) is 5.82 Å². The molecule has 0 saturated heterocycles. The molecule has 0 amide bonds. The molecule has 1 N–H and O–H groups in total. The van der Waals surface area contributed by atoms with Crippen LogP contribution < -0.4 is 0 Å². The second-order valence-electron chi connectivity index (χ2n) is 5.41. The predicted octanol–water partition coefficient (Wildman–Crippen LogP) is 4.84. The van der Waals surface area contributed by atoms with Gasteiger partial charge in [-0.05, 0) is 24.1 Å². The zero-order valence-electron chi connectivity index (χ0n) is 10.6. The Kier molecular flexibility index (Phi) is 3.69. The fourth-order valence-corrected chi connectivity index (χ4v) is 3.33. The van der Waals surface area contributed by atoms with Gasteiger partial charge in [0.05, 0.1) is 11.0 Å². The molecule has 1 fully saturated rings. The van der Waals surface area contributed by atoms with Crippen LogP contribution >= 0.6 is 15.9 Å². The van der Waals surface area contributed by atoms with Gasteiger partial charge in [-0.3, -0.25) is 0 Å². The van der Waals surface area contributed by atoms with Crippen molar-refractivity contribution in [1.82, 2.24) is 9.97 Å². The number of benzene rings is 1. The second-order valence-corrected chi connectivity index (χ2v) is 6.32. The van der Waals surface area contributed by atoms with E-state index < -0.39 is 0 Å². The highest BCUT2D eigenvalue weighted by molar-refractivity contribution is 9.10. The van der Waals surface area contributed by atoms with Gasteiger partial charge in [0.25, 0.3) is 0 Å². The van der Waals surface area contributed by atoms with Crippen LogP contribution in [0.2, 0.25) is 0 Å². The van der Waals surface area contributed by atoms with E-state index in [0.717, 1.165) is 33.7 Å². The molecular formula is C15H19BrN2. The maximum atomic E-state index is 4.70. The average molecular weight is 307 g/mol. The van der Waals surface area contributed by atoms with E-state index in [-0.39, 0.29) is 0 Å². The van der Waals surface area contributed by atoms with Crippen molar-refractivity contribution in [3.63, 3.8) is 0 Å². The number of halogens is 1. The molecule has 1 aliphatic carbocycles. The Labute approximate surface area is 116 Å². The first-order valence-corrected chi connectivity index (χ1v) is 7.75. The highest BCUT2D eigenvalue weighted by Crippen LogP contribution is 2.26. The van der Waals surface area contributed by atoms with Crippen LogP contribution in [0, 0.1) is 5.92 Å². The highest BCUT2D eigenvalue weighted by atomic mass is 79.9.